The normalized spacial score (nSPS) is 12.7. The molecule has 4 rings (SSSR count). The van der Waals surface area contributed by atoms with Gasteiger partial charge in [0.25, 0.3) is 20.2 Å². The highest BCUT2D eigenvalue weighted by Gasteiger charge is 2.18. The van der Waals surface area contributed by atoms with Crippen molar-refractivity contribution in [2.45, 2.75) is 23.6 Å². The predicted octanol–water partition coefficient (Wildman–Crippen LogP) is 3.59. The van der Waals surface area contributed by atoms with Crippen LogP contribution in [0.5, 0.6) is 0 Å². The number of nitrogens with zero attached hydrogens (tertiary/aromatic N) is 5. The van der Waals surface area contributed by atoms with E-state index >= 15 is 0 Å². The van der Waals surface area contributed by atoms with E-state index in [9.17, 15) is 25.9 Å². The summed E-state index contributed by atoms with van der Waals surface area (Å²) >= 11 is 1.16. The lowest BCUT2D eigenvalue weighted by atomic mass is 10.2. The molecule has 0 radical (unpaired) electrons. The minimum atomic E-state index is -4.35. The Labute approximate surface area is 191 Å². The molecule has 172 valence electrons. The molecule has 0 spiro atoms. The van der Waals surface area contributed by atoms with Crippen LogP contribution >= 0.6 is 11.3 Å². The summed E-state index contributed by atoms with van der Waals surface area (Å²) in [4.78, 5) is 3.71. The van der Waals surface area contributed by atoms with E-state index < -0.39 is 20.2 Å². The predicted molar refractivity (Wildman–Crippen MR) is 121 cm³/mol. The van der Waals surface area contributed by atoms with E-state index in [-0.39, 0.29) is 26.4 Å². The fourth-order valence-corrected chi connectivity index (χ4v) is 5.08. The van der Waals surface area contributed by atoms with Crippen LogP contribution in [0.25, 0.3) is 15.9 Å². The first-order valence-corrected chi connectivity index (χ1v) is 12.8. The molecule has 2 aromatic heterocycles. The number of rotatable bonds is 5. The topological polar surface area (TPSA) is 190 Å². The molecular formula is C18H16N6O6S3. The van der Waals surface area contributed by atoms with Crippen molar-refractivity contribution in [1.29, 1.82) is 0 Å². The second-order valence-corrected chi connectivity index (χ2v) is 10.8. The van der Waals surface area contributed by atoms with Crippen LogP contribution in [0.1, 0.15) is 11.3 Å². The number of aromatic nitrogens is 3. The number of benzene rings is 2. The third kappa shape index (κ3) is 4.49. The number of azo groups is 1. The summed E-state index contributed by atoms with van der Waals surface area (Å²) in [6.07, 6.45) is 0. The van der Waals surface area contributed by atoms with Gasteiger partial charge in [0.2, 0.25) is 5.13 Å². The van der Waals surface area contributed by atoms with E-state index in [4.69, 9.17) is 5.73 Å². The van der Waals surface area contributed by atoms with Crippen molar-refractivity contribution in [2.24, 2.45) is 10.2 Å². The molecule has 4 N–H and O–H groups in total. The minimum Gasteiger partial charge on any atom is -0.382 e. The van der Waals surface area contributed by atoms with Crippen LogP contribution in [0.15, 0.2) is 56.4 Å². The molecule has 0 unspecified atom stereocenters. The van der Waals surface area contributed by atoms with Crippen molar-refractivity contribution in [3.63, 3.8) is 0 Å². The number of nitrogens with two attached hydrogens (primary N) is 1. The van der Waals surface area contributed by atoms with E-state index in [1.165, 1.54) is 48.0 Å². The summed E-state index contributed by atoms with van der Waals surface area (Å²) < 4.78 is 65.9. The van der Waals surface area contributed by atoms with Gasteiger partial charge >= 0.3 is 0 Å². The van der Waals surface area contributed by atoms with Gasteiger partial charge in [0.05, 0.1) is 31.4 Å². The smallest absolute Gasteiger partial charge is 0.294 e. The average molecular weight is 509 g/mol. The molecular weight excluding hydrogens is 492 g/mol. The van der Waals surface area contributed by atoms with Gasteiger partial charge in [-0.05, 0) is 55.8 Å². The molecule has 0 atom stereocenters. The van der Waals surface area contributed by atoms with Crippen LogP contribution in [0.3, 0.4) is 0 Å². The Morgan fingerprint density at radius 1 is 1.00 bits per heavy atom. The number of nitrogen functional groups attached to an aromatic ring is 1. The molecule has 15 heteroatoms. The van der Waals surface area contributed by atoms with Gasteiger partial charge in [0.15, 0.2) is 11.5 Å². The number of fused-ring (bicyclic) bond motifs is 1. The van der Waals surface area contributed by atoms with Gasteiger partial charge in [0, 0.05) is 0 Å². The van der Waals surface area contributed by atoms with Crippen LogP contribution in [-0.4, -0.2) is 40.7 Å². The maximum Gasteiger partial charge on any atom is 0.294 e. The molecule has 0 bridgehead atoms. The van der Waals surface area contributed by atoms with Crippen molar-refractivity contribution < 1.29 is 25.9 Å². The van der Waals surface area contributed by atoms with Gasteiger partial charge in [-0.25, -0.2) is 9.67 Å². The van der Waals surface area contributed by atoms with Gasteiger partial charge < -0.3 is 5.73 Å². The monoisotopic (exact) mass is 508 g/mol. The zero-order valence-corrected chi connectivity index (χ0v) is 19.5. The second kappa shape index (κ2) is 7.96. The SMILES string of the molecule is Cc1cc(-n2nc(C)c(N=Nc3nc4cc(S(=O)(=O)O)ccc4s3)c2N)ccc1S(=O)(=O)O. The summed E-state index contributed by atoms with van der Waals surface area (Å²) in [5.74, 6) is 0.144. The maximum absolute atomic E-state index is 11.4. The first-order chi connectivity index (χ1) is 15.3. The summed E-state index contributed by atoms with van der Waals surface area (Å²) in [6, 6.07) is 8.20. The van der Waals surface area contributed by atoms with Crippen LogP contribution in [-0.2, 0) is 20.2 Å². The summed E-state index contributed by atoms with van der Waals surface area (Å²) in [7, 11) is -8.71. The first-order valence-electron chi connectivity index (χ1n) is 9.08. The van der Waals surface area contributed by atoms with Gasteiger partial charge in [-0.15, -0.1) is 10.2 Å². The molecule has 2 heterocycles. The second-order valence-electron chi connectivity index (χ2n) is 6.96. The highest BCUT2D eigenvalue weighted by molar-refractivity contribution is 7.86. The lowest BCUT2D eigenvalue weighted by Gasteiger charge is -2.07. The fourth-order valence-electron chi connectivity index (χ4n) is 3.10. The zero-order valence-electron chi connectivity index (χ0n) is 17.0. The number of hydrogen-bond donors (Lipinski definition) is 3. The van der Waals surface area contributed by atoms with Crippen LogP contribution in [0.2, 0.25) is 0 Å². The van der Waals surface area contributed by atoms with E-state index in [0.717, 1.165) is 11.3 Å². The Balaban J connectivity index is 1.68. The molecule has 33 heavy (non-hydrogen) atoms. The van der Waals surface area contributed by atoms with Crippen molar-refractivity contribution in [3.05, 3.63) is 47.7 Å². The summed E-state index contributed by atoms with van der Waals surface area (Å²) in [5.41, 5.74) is 8.00. The summed E-state index contributed by atoms with van der Waals surface area (Å²) in [6.45, 7) is 3.19. The molecule has 4 aromatic rings. The van der Waals surface area contributed by atoms with E-state index in [1.54, 1.807) is 6.92 Å². The van der Waals surface area contributed by atoms with E-state index in [1.807, 2.05) is 0 Å². The Morgan fingerprint density at radius 3 is 2.36 bits per heavy atom. The fraction of sp³-hybridized carbons (Fsp3) is 0.111. The lowest BCUT2D eigenvalue weighted by Crippen LogP contribution is -2.05. The van der Waals surface area contributed by atoms with Crippen molar-refractivity contribution in [1.82, 2.24) is 14.8 Å². The number of anilines is 1. The number of thiazole rings is 1. The summed E-state index contributed by atoms with van der Waals surface area (Å²) in [5, 5.41) is 12.8. The molecule has 0 saturated heterocycles. The standard InChI is InChI=1S/C18H16N6O6S3/c1-9-7-11(3-6-15(9)33(28,29)30)24-17(19)16(10(2)23-24)21-22-18-20-13-8-12(32(25,26)27)4-5-14(13)31-18/h3-8H,19H2,1-2H3,(H,25,26,27)(H,28,29,30). The number of hydrogen-bond acceptors (Lipinski definition) is 10. The molecule has 12 nitrogen and oxygen atoms in total. The number of aryl methyl sites for hydroxylation is 2. The maximum atomic E-state index is 11.4. The minimum absolute atomic E-state index is 0.144. The van der Waals surface area contributed by atoms with Crippen LogP contribution in [0.4, 0.5) is 16.6 Å². The lowest BCUT2D eigenvalue weighted by molar-refractivity contribution is 0.480. The Morgan fingerprint density at radius 2 is 1.73 bits per heavy atom. The first kappa shape index (κ1) is 22.9. The van der Waals surface area contributed by atoms with Crippen molar-refractivity contribution in [3.8, 4) is 5.69 Å². The van der Waals surface area contributed by atoms with Gasteiger partial charge in [-0.1, -0.05) is 11.3 Å². The van der Waals surface area contributed by atoms with Crippen molar-refractivity contribution >= 4 is 58.4 Å². The highest BCUT2D eigenvalue weighted by Crippen LogP contribution is 2.34. The van der Waals surface area contributed by atoms with Crippen LogP contribution < -0.4 is 5.73 Å². The molecule has 0 saturated carbocycles. The third-order valence-electron chi connectivity index (χ3n) is 4.63. The highest BCUT2D eigenvalue weighted by atomic mass is 32.2. The van der Waals surface area contributed by atoms with E-state index in [0.29, 0.717) is 27.2 Å². The molecule has 2 aromatic carbocycles. The Kier molecular flexibility index (Phi) is 5.53. The van der Waals surface area contributed by atoms with Crippen LogP contribution in [0, 0.1) is 13.8 Å². The zero-order chi connectivity index (χ0) is 24.1. The van der Waals surface area contributed by atoms with Crippen molar-refractivity contribution in [2.75, 3.05) is 5.73 Å². The quantitative estimate of drug-likeness (QED) is 0.267. The molecule has 0 fully saturated rings. The molecule has 0 amide bonds. The Bertz CT molecular complexity index is 1650. The van der Waals surface area contributed by atoms with Gasteiger partial charge in [-0.2, -0.15) is 21.9 Å². The largest absolute Gasteiger partial charge is 0.382 e. The average Bonchev–Trinajstić information content (AvgIpc) is 3.24. The van der Waals surface area contributed by atoms with Gasteiger partial charge in [0.1, 0.15) is 0 Å². The molecule has 0 aliphatic heterocycles. The molecule has 0 aliphatic rings. The van der Waals surface area contributed by atoms with E-state index in [2.05, 4.69) is 20.3 Å². The Hall–Kier alpha value is -3.24. The third-order valence-corrected chi connectivity index (χ3v) is 7.41. The van der Waals surface area contributed by atoms with Gasteiger partial charge in [-0.3, -0.25) is 9.11 Å². The molecule has 0 aliphatic carbocycles.